The van der Waals surface area contributed by atoms with E-state index in [1.54, 1.807) is 0 Å². The molecule has 0 radical (unpaired) electrons. The number of alkyl halides is 1. The minimum atomic E-state index is 0.231. The molecule has 3 heteroatoms. The molecule has 0 aliphatic carbocycles. The summed E-state index contributed by atoms with van der Waals surface area (Å²) in [6, 6.07) is 16.4. The van der Waals surface area contributed by atoms with Crippen LogP contribution in [0.1, 0.15) is 16.0 Å². The molecule has 0 spiro atoms. The SMILES string of the molecule is Clc1c(Br)cccc1C(Br)Cc1ccccc1. The highest BCUT2D eigenvalue weighted by molar-refractivity contribution is 9.10. The standard InChI is InChI=1S/C14H11Br2Cl/c15-12-8-4-7-11(14(12)17)13(16)9-10-5-2-1-3-6-10/h1-8,13H,9H2. The molecule has 2 aromatic rings. The minimum Gasteiger partial charge on any atom is -0.0835 e. The molecule has 0 amide bonds. The van der Waals surface area contributed by atoms with Gasteiger partial charge < -0.3 is 0 Å². The van der Waals surface area contributed by atoms with E-state index in [0.29, 0.717) is 0 Å². The second-order valence-corrected chi connectivity index (χ2v) is 6.14. The highest BCUT2D eigenvalue weighted by Gasteiger charge is 2.13. The van der Waals surface area contributed by atoms with Crippen LogP contribution in [-0.2, 0) is 6.42 Å². The second-order valence-electron chi connectivity index (χ2n) is 3.80. The Morgan fingerprint density at radius 2 is 1.71 bits per heavy atom. The van der Waals surface area contributed by atoms with Crippen LogP contribution in [0, 0.1) is 0 Å². The van der Waals surface area contributed by atoms with Crippen LogP contribution >= 0.6 is 43.5 Å². The normalized spacial score (nSPS) is 12.4. The monoisotopic (exact) mass is 372 g/mol. The molecule has 0 aliphatic rings. The van der Waals surface area contributed by atoms with Crippen LogP contribution < -0.4 is 0 Å². The lowest BCUT2D eigenvalue weighted by molar-refractivity contribution is 0.948. The van der Waals surface area contributed by atoms with Gasteiger partial charge in [0.25, 0.3) is 0 Å². The van der Waals surface area contributed by atoms with Gasteiger partial charge in [-0.3, -0.25) is 0 Å². The Hall–Kier alpha value is -0.310. The topological polar surface area (TPSA) is 0 Å². The number of benzene rings is 2. The molecule has 1 atom stereocenters. The molecule has 2 rings (SSSR count). The van der Waals surface area contributed by atoms with E-state index in [9.17, 15) is 0 Å². The largest absolute Gasteiger partial charge is 0.0835 e. The van der Waals surface area contributed by atoms with Crippen molar-refractivity contribution in [3.05, 3.63) is 69.2 Å². The van der Waals surface area contributed by atoms with E-state index in [0.717, 1.165) is 21.5 Å². The Balaban J connectivity index is 2.20. The summed E-state index contributed by atoms with van der Waals surface area (Å²) in [6.45, 7) is 0. The van der Waals surface area contributed by atoms with Gasteiger partial charge in [-0.2, -0.15) is 0 Å². The van der Waals surface area contributed by atoms with Crippen LogP contribution in [0.3, 0.4) is 0 Å². The van der Waals surface area contributed by atoms with Gasteiger partial charge in [0.05, 0.1) is 5.02 Å². The Kier molecular flexibility index (Phi) is 4.66. The third-order valence-corrected chi connectivity index (χ3v) is 4.70. The molecule has 0 heterocycles. The summed E-state index contributed by atoms with van der Waals surface area (Å²) in [4.78, 5) is 0.231. The first-order valence-corrected chi connectivity index (χ1v) is 7.39. The van der Waals surface area contributed by atoms with E-state index in [1.165, 1.54) is 5.56 Å². The first kappa shape index (κ1) is 13.1. The van der Waals surface area contributed by atoms with Gasteiger partial charge in [-0.25, -0.2) is 0 Å². The third-order valence-electron chi connectivity index (χ3n) is 2.58. The van der Waals surface area contributed by atoms with Crippen molar-refractivity contribution < 1.29 is 0 Å². The molecule has 0 aliphatic heterocycles. The van der Waals surface area contributed by atoms with E-state index < -0.39 is 0 Å². The fourth-order valence-electron chi connectivity index (χ4n) is 1.69. The fourth-order valence-corrected chi connectivity index (χ4v) is 3.22. The van der Waals surface area contributed by atoms with Crippen LogP contribution in [0.5, 0.6) is 0 Å². The van der Waals surface area contributed by atoms with Crippen molar-refractivity contribution in [3.8, 4) is 0 Å². The highest BCUT2D eigenvalue weighted by atomic mass is 79.9. The minimum absolute atomic E-state index is 0.231. The van der Waals surface area contributed by atoms with Gasteiger partial charge in [0.15, 0.2) is 0 Å². The van der Waals surface area contributed by atoms with Crippen molar-refractivity contribution >= 4 is 43.5 Å². The van der Waals surface area contributed by atoms with Crippen molar-refractivity contribution in [1.29, 1.82) is 0 Å². The molecule has 88 valence electrons. The summed E-state index contributed by atoms with van der Waals surface area (Å²) in [6.07, 6.45) is 0.928. The molecule has 0 saturated heterocycles. The summed E-state index contributed by atoms with van der Waals surface area (Å²) in [5.74, 6) is 0. The predicted octanol–water partition coefficient (Wildman–Crippen LogP) is 5.78. The van der Waals surface area contributed by atoms with Gasteiger partial charge >= 0.3 is 0 Å². The van der Waals surface area contributed by atoms with Crippen molar-refractivity contribution in [1.82, 2.24) is 0 Å². The maximum absolute atomic E-state index is 6.28. The van der Waals surface area contributed by atoms with Gasteiger partial charge in [-0.05, 0) is 39.5 Å². The molecule has 17 heavy (non-hydrogen) atoms. The zero-order chi connectivity index (χ0) is 12.3. The maximum atomic E-state index is 6.28. The number of hydrogen-bond donors (Lipinski definition) is 0. The van der Waals surface area contributed by atoms with Gasteiger partial charge in [0.1, 0.15) is 0 Å². The lowest BCUT2D eigenvalue weighted by Crippen LogP contribution is -1.96. The summed E-state index contributed by atoms with van der Waals surface area (Å²) in [5, 5.41) is 0.783. The summed E-state index contributed by atoms with van der Waals surface area (Å²) in [7, 11) is 0. The van der Waals surface area contributed by atoms with E-state index in [-0.39, 0.29) is 4.83 Å². The van der Waals surface area contributed by atoms with Gasteiger partial charge in [-0.1, -0.05) is 70.0 Å². The van der Waals surface area contributed by atoms with Gasteiger partial charge in [-0.15, -0.1) is 0 Å². The van der Waals surface area contributed by atoms with Crippen LogP contribution in [-0.4, -0.2) is 0 Å². The number of halogens is 3. The predicted molar refractivity (Wildman–Crippen MR) is 81.0 cm³/mol. The Labute approximate surface area is 123 Å². The van der Waals surface area contributed by atoms with Crippen molar-refractivity contribution in [2.24, 2.45) is 0 Å². The number of hydrogen-bond acceptors (Lipinski definition) is 0. The zero-order valence-electron chi connectivity index (χ0n) is 9.04. The second kappa shape index (κ2) is 6.03. The van der Waals surface area contributed by atoms with E-state index in [1.807, 2.05) is 18.2 Å². The first-order chi connectivity index (χ1) is 8.18. The Morgan fingerprint density at radius 1 is 1.00 bits per heavy atom. The van der Waals surface area contributed by atoms with E-state index >= 15 is 0 Å². The molecule has 0 fully saturated rings. The maximum Gasteiger partial charge on any atom is 0.0591 e. The van der Waals surface area contributed by atoms with Crippen LogP contribution in [0.2, 0.25) is 5.02 Å². The van der Waals surface area contributed by atoms with Crippen molar-refractivity contribution in [3.63, 3.8) is 0 Å². The van der Waals surface area contributed by atoms with Crippen molar-refractivity contribution in [2.75, 3.05) is 0 Å². The molecular formula is C14H11Br2Cl. The molecule has 0 N–H and O–H groups in total. The quantitative estimate of drug-likeness (QED) is 0.597. The Bertz CT molecular complexity index is 497. The molecule has 0 bridgehead atoms. The molecule has 0 saturated carbocycles. The first-order valence-electron chi connectivity index (χ1n) is 5.30. The number of rotatable bonds is 3. The molecular weight excluding hydrogens is 363 g/mol. The Morgan fingerprint density at radius 3 is 2.41 bits per heavy atom. The zero-order valence-corrected chi connectivity index (χ0v) is 13.0. The van der Waals surface area contributed by atoms with Gasteiger partial charge in [0.2, 0.25) is 0 Å². The summed E-state index contributed by atoms with van der Waals surface area (Å²) in [5.41, 5.74) is 2.41. The van der Waals surface area contributed by atoms with E-state index in [2.05, 4.69) is 62.2 Å². The molecule has 0 nitrogen and oxygen atoms in total. The average molecular weight is 375 g/mol. The average Bonchev–Trinajstić information content (AvgIpc) is 2.34. The lowest BCUT2D eigenvalue weighted by atomic mass is 10.0. The van der Waals surface area contributed by atoms with Crippen LogP contribution in [0.25, 0.3) is 0 Å². The van der Waals surface area contributed by atoms with Crippen molar-refractivity contribution in [2.45, 2.75) is 11.2 Å². The third kappa shape index (κ3) is 3.34. The smallest absolute Gasteiger partial charge is 0.0591 e. The van der Waals surface area contributed by atoms with Gasteiger partial charge in [0, 0.05) is 9.30 Å². The summed E-state index contributed by atoms with van der Waals surface area (Å²) >= 11 is 13.4. The lowest BCUT2D eigenvalue weighted by Gasteiger charge is -2.13. The molecule has 0 aromatic heterocycles. The fraction of sp³-hybridized carbons (Fsp3) is 0.143. The van der Waals surface area contributed by atoms with Crippen LogP contribution in [0.15, 0.2) is 53.0 Å². The van der Waals surface area contributed by atoms with Crippen LogP contribution in [0.4, 0.5) is 0 Å². The molecule has 2 aromatic carbocycles. The molecule has 1 unspecified atom stereocenters. The summed E-state index contributed by atoms with van der Waals surface area (Å²) < 4.78 is 0.939. The highest BCUT2D eigenvalue weighted by Crippen LogP contribution is 2.36. The van der Waals surface area contributed by atoms with E-state index in [4.69, 9.17) is 11.6 Å².